The molecule has 0 aromatic heterocycles. The highest BCUT2D eigenvalue weighted by molar-refractivity contribution is 4.91. The van der Waals surface area contributed by atoms with Gasteiger partial charge in [0.1, 0.15) is 0 Å². The third kappa shape index (κ3) is 3.29. The molecule has 0 aromatic carbocycles. The lowest BCUT2D eigenvalue weighted by atomic mass is 9.63. The van der Waals surface area contributed by atoms with Crippen molar-refractivity contribution in [2.24, 2.45) is 16.7 Å². The zero-order valence-corrected chi connectivity index (χ0v) is 13.1. The van der Waals surface area contributed by atoms with Crippen molar-refractivity contribution in [1.29, 1.82) is 0 Å². The molecule has 106 valence electrons. The molecule has 2 aliphatic rings. The fourth-order valence-corrected chi connectivity index (χ4v) is 3.71. The number of likely N-dealkylation sites (tertiary alicyclic amines) is 1. The van der Waals surface area contributed by atoms with Crippen LogP contribution < -0.4 is 0 Å². The quantitative estimate of drug-likeness (QED) is 0.686. The molecule has 1 saturated carbocycles. The van der Waals surface area contributed by atoms with Gasteiger partial charge in [-0.1, -0.05) is 47.0 Å². The number of piperidine rings is 1. The third-order valence-corrected chi connectivity index (χ3v) is 6.01. The van der Waals surface area contributed by atoms with Crippen molar-refractivity contribution < 1.29 is 0 Å². The summed E-state index contributed by atoms with van der Waals surface area (Å²) >= 11 is 0. The van der Waals surface area contributed by atoms with Gasteiger partial charge in [0.05, 0.1) is 0 Å². The molecule has 2 fully saturated rings. The van der Waals surface area contributed by atoms with Crippen LogP contribution in [0.25, 0.3) is 0 Å². The molecule has 0 spiro atoms. The van der Waals surface area contributed by atoms with E-state index in [-0.39, 0.29) is 0 Å². The van der Waals surface area contributed by atoms with Crippen molar-refractivity contribution in [3.63, 3.8) is 0 Å². The van der Waals surface area contributed by atoms with Crippen LogP contribution in [-0.2, 0) is 0 Å². The van der Waals surface area contributed by atoms with Gasteiger partial charge in [0.15, 0.2) is 0 Å². The molecule has 1 aliphatic heterocycles. The van der Waals surface area contributed by atoms with Crippen molar-refractivity contribution in [2.45, 2.75) is 72.6 Å². The highest BCUT2D eigenvalue weighted by Crippen LogP contribution is 2.46. The maximum atomic E-state index is 2.75. The summed E-state index contributed by atoms with van der Waals surface area (Å²) in [6.07, 6.45) is 10.2. The van der Waals surface area contributed by atoms with Crippen LogP contribution in [-0.4, -0.2) is 24.5 Å². The molecular weight excluding hydrogens is 218 g/mol. The van der Waals surface area contributed by atoms with Crippen LogP contribution in [0.15, 0.2) is 0 Å². The summed E-state index contributed by atoms with van der Waals surface area (Å²) in [4.78, 5) is 2.75. The minimum Gasteiger partial charge on any atom is -0.303 e. The lowest BCUT2D eigenvalue weighted by Gasteiger charge is -2.48. The van der Waals surface area contributed by atoms with E-state index in [1.54, 1.807) is 0 Å². The van der Waals surface area contributed by atoms with E-state index < -0.39 is 0 Å². The Bertz CT molecular complexity index is 249. The van der Waals surface area contributed by atoms with E-state index in [4.69, 9.17) is 0 Å². The van der Waals surface area contributed by atoms with Gasteiger partial charge >= 0.3 is 0 Å². The first-order valence-electron chi connectivity index (χ1n) is 8.13. The number of hydrogen-bond donors (Lipinski definition) is 0. The first-order valence-corrected chi connectivity index (χ1v) is 8.13. The van der Waals surface area contributed by atoms with E-state index in [0.717, 1.165) is 5.92 Å². The van der Waals surface area contributed by atoms with E-state index in [2.05, 4.69) is 32.6 Å². The molecule has 0 radical (unpaired) electrons. The third-order valence-electron chi connectivity index (χ3n) is 6.01. The molecule has 1 nitrogen and oxygen atoms in total. The van der Waals surface area contributed by atoms with E-state index >= 15 is 0 Å². The molecule has 0 unspecified atom stereocenters. The molecule has 18 heavy (non-hydrogen) atoms. The van der Waals surface area contributed by atoms with Crippen molar-refractivity contribution in [3.8, 4) is 0 Å². The Balaban J connectivity index is 1.79. The van der Waals surface area contributed by atoms with Gasteiger partial charge in [0, 0.05) is 6.54 Å². The van der Waals surface area contributed by atoms with Gasteiger partial charge in [-0.15, -0.1) is 0 Å². The van der Waals surface area contributed by atoms with Crippen LogP contribution in [0.2, 0.25) is 0 Å². The summed E-state index contributed by atoms with van der Waals surface area (Å²) < 4.78 is 0. The molecule has 1 saturated heterocycles. The largest absolute Gasteiger partial charge is 0.303 e. The molecule has 0 bridgehead atoms. The molecule has 1 aliphatic carbocycles. The van der Waals surface area contributed by atoms with E-state index in [9.17, 15) is 0 Å². The van der Waals surface area contributed by atoms with Gasteiger partial charge in [0.25, 0.3) is 0 Å². The Labute approximate surface area is 114 Å². The first kappa shape index (κ1) is 14.4. The molecule has 0 N–H and O–H groups in total. The molecule has 1 heteroatoms. The van der Waals surface area contributed by atoms with Crippen LogP contribution >= 0.6 is 0 Å². The molecule has 0 amide bonds. The SMILES string of the molecule is CC(C)(C)C1(C)CCN(CC2CCCCC2)CC1. The Morgan fingerprint density at radius 3 is 2.06 bits per heavy atom. The fraction of sp³-hybridized carbons (Fsp3) is 1.00. The molecule has 1 heterocycles. The highest BCUT2D eigenvalue weighted by Gasteiger charge is 2.39. The maximum absolute atomic E-state index is 2.75. The van der Waals surface area contributed by atoms with E-state index in [1.165, 1.54) is 64.6 Å². The first-order chi connectivity index (χ1) is 8.41. The zero-order chi connectivity index (χ0) is 13.2. The van der Waals surface area contributed by atoms with Gasteiger partial charge in [-0.2, -0.15) is 0 Å². The summed E-state index contributed by atoms with van der Waals surface area (Å²) in [6.45, 7) is 13.8. The summed E-state index contributed by atoms with van der Waals surface area (Å²) in [7, 11) is 0. The summed E-state index contributed by atoms with van der Waals surface area (Å²) in [5.74, 6) is 1.01. The standard InChI is InChI=1S/C17H33N/c1-16(2,3)17(4)10-12-18(13-11-17)14-15-8-6-5-7-9-15/h15H,5-14H2,1-4H3. The number of nitrogens with zero attached hydrogens (tertiary/aromatic N) is 1. The Morgan fingerprint density at radius 1 is 1.00 bits per heavy atom. The highest BCUT2D eigenvalue weighted by atomic mass is 15.1. The number of hydrogen-bond acceptors (Lipinski definition) is 1. The van der Waals surface area contributed by atoms with Gasteiger partial charge in [-0.3, -0.25) is 0 Å². The van der Waals surface area contributed by atoms with E-state index in [0.29, 0.717) is 10.8 Å². The second kappa shape index (κ2) is 5.53. The lowest BCUT2D eigenvalue weighted by molar-refractivity contribution is 0.0155. The second-order valence-electron chi connectivity index (χ2n) is 8.12. The predicted molar refractivity (Wildman–Crippen MR) is 79.8 cm³/mol. The molecular formula is C17H33N. The molecule has 0 aromatic rings. The number of rotatable bonds is 2. The van der Waals surface area contributed by atoms with Crippen LogP contribution in [0.3, 0.4) is 0 Å². The van der Waals surface area contributed by atoms with Crippen molar-refractivity contribution in [1.82, 2.24) is 4.90 Å². The van der Waals surface area contributed by atoms with Crippen molar-refractivity contribution in [3.05, 3.63) is 0 Å². The smallest absolute Gasteiger partial charge is 0.000966 e. The average Bonchev–Trinajstić information content (AvgIpc) is 2.32. The minimum absolute atomic E-state index is 0.462. The monoisotopic (exact) mass is 251 g/mol. The van der Waals surface area contributed by atoms with Gasteiger partial charge in [-0.25, -0.2) is 0 Å². The normalized spacial score (nSPS) is 27.3. The summed E-state index contributed by atoms with van der Waals surface area (Å²) in [5.41, 5.74) is 1.01. The second-order valence-corrected chi connectivity index (χ2v) is 8.12. The Morgan fingerprint density at radius 2 is 1.56 bits per heavy atom. The van der Waals surface area contributed by atoms with Gasteiger partial charge in [0.2, 0.25) is 0 Å². The fourth-order valence-electron chi connectivity index (χ4n) is 3.71. The van der Waals surface area contributed by atoms with Gasteiger partial charge in [-0.05, 0) is 55.5 Å². The van der Waals surface area contributed by atoms with Crippen molar-refractivity contribution in [2.75, 3.05) is 19.6 Å². The van der Waals surface area contributed by atoms with E-state index in [1.807, 2.05) is 0 Å². The van der Waals surface area contributed by atoms with Crippen LogP contribution in [0.1, 0.15) is 72.6 Å². The lowest BCUT2D eigenvalue weighted by Crippen LogP contribution is -2.46. The zero-order valence-electron chi connectivity index (χ0n) is 13.1. The van der Waals surface area contributed by atoms with Crippen LogP contribution in [0.5, 0.6) is 0 Å². The minimum atomic E-state index is 0.462. The van der Waals surface area contributed by atoms with Gasteiger partial charge < -0.3 is 4.90 Å². The predicted octanol–water partition coefficient (Wildman–Crippen LogP) is 4.71. The summed E-state index contributed by atoms with van der Waals surface area (Å²) in [6, 6.07) is 0. The van der Waals surface area contributed by atoms with Crippen molar-refractivity contribution >= 4 is 0 Å². The Hall–Kier alpha value is -0.0400. The Kier molecular flexibility index (Phi) is 4.41. The molecule has 0 atom stereocenters. The van der Waals surface area contributed by atoms with Crippen LogP contribution in [0, 0.1) is 16.7 Å². The average molecular weight is 251 g/mol. The topological polar surface area (TPSA) is 3.24 Å². The van der Waals surface area contributed by atoms with Crippen LogP contribution in [0.4, 0.5) is 0 Å². The summed E-state index contributed by atoms with van der Waals surface area (Å²) in [5, 5.41) is 0. The maximum Gasteiger partial charge on any atom is 0.000966 e. The molecule has 2 rings (SSSR count).